The topological polar surface area (TPSA) is 42.0 Å². The summed E-state index contributed by atoms with van der Waals surface area (Å²) in [5, 5.41) is 6.37. The van der Waals surface area contributed by atoms with Gasteiger partial charge in [0, 0.05) is 17.7 Å². The summed E-state index contributed by atoms with van der Waals surface area (Å²) in [7, 11) is 0. The van der Waals surface area contributed by atoms with Crippen LogP contribution in [0.5, 0.6) is 0 Å². The van der Waals surface area contributed by atoms with Gasteiger partial charge in [-0.1, -0.05) is 32.1 Å². The Morgan fingerprint density at radius 1 is 1.25 bits per heavy atom. The van der Waals surface area contributed by atoms with E-state index in [-0.39, 0.29) is 5.91 Å². The molecule has 2 saturated carbocycles. The van der Waals surface area contributed by atoms with Crippen molar-refractivity contribution in [1.82, 2.24) is 10.3 Å². The highest BCUT2D eigenvalue weighted by Gasteiger charge is 2.26. The molecule has 0 aliphatic heterocycles. The summed E-state index contributed by atoms with van der Waals surface area (Å²) in [5.41, 5.74) is 1.03. The summed E-state index contributed by atoms with van der Waals surface area (Å²) < 4.78 is 0. The first-order chi connectivity index (χ1) is 9.81. The molecule has 0 saturated heterocycles. The Morgan fingerprint density at radius 2 is 2.05 bits per heavy atom. The van der Waals surface area contributed by atoms with Crippen LogP contribution in [-0.2, 0) is 11.3 Å². The quantitative estimate of drug-likeness (QED) is 0.861. The van der Waals surface area contributed by atoms with Crippen molar-refractivity contribution >= 4 is 17.2 Å². The largest absolute Gasteiger partial charge is 0.350 e. The molecule has 20 heavy (non-hydrogen) atoms. The van der Waals surface area contributed by atoms with Crippen LogP contribution in [0.2, 0.25) is 0 Å². The van der Waals surface area contributed by atoms with Gasteiger partial charge in [0.05, 0.1) is 17.2 Å². The van der Waals surface area contributed by atoms with Gasteiger partial charge in [-0.15, -0.1) is 11.3 Å². The fraction of sp³-hybridized carbons (Fsp3) is 0.750. The smallest absolute Gasteiger partial charge is 0.220 e. The third-order valence-corrected chi connectivity index (χ3v) is 5.52. The molecule has 0 aromatic carbocycles. The highest BCUT2D eigenvalue weighted by Crippen LogP contribution is 2.41. The van der Waals surface area contributed by atoms with Gasteiger partial charge in [0.2, 0.25) is 5.91 Å². The van der Waals surface area contributed by atoms with Crippen LogP contribution in [0.25, 0.3) is 0 Å². The second-order valence-corrected chi connectivity index (χ2v) is 7.16. The Kier molecular flexibility index (Phi) is 4.71. The molecule has 2 fully saturated rings. The molecule has 4 heteroatoms. The van der Waals surface area contributed by atoms with E-state index in [1.165, 1.54) is 50.0 Å². The number of amides is 1. The lowest BCUT2D eigenvalue weighted by Crippen LogP contribution is -2.23. The number of thiazole rings is 1. The van der Waals surface area contributed by atoms with Crippen LogP contribution < -0.4 is 5.32 Å². The Balaban J connectivity index is 1.35. The molecule has 3 nitrogen and oxygen atoms in total. The minimum absolute atomic E-state index is 0.191. The lowest BCUT2D eigenvalue weighted by atomic mass is 9.86. The third kappa shape index (κ3) is 4.05. The molecule has 1 N–H and O–H groups in total. The van der Waals surface area contributed by atoms with Crippen molar-refractivity contribution in [3.63, 3.8) is 0 Å². The van der Waals surface area contributed by atoms with Gasteiger partial charge in [0.1, 0.15) is 0 Å². The highest BCUT2D eigenvalue weighted by molar-refractivity contribution is 7.09. The zero-order valence-electron chi connectivity index (χ0n) is 12.1. The van der Waals surface area contributed by atoms with Gasteiger partial charge >= 0.3 is 0 Å². The fourth-order valence-corrected chi connectivity index (χ4v) is 4.00. The Bertz CT molecular complexity index is 447. The Morgan fingerprint density at radius 3 is 2.80 bits per heavy atom. The van der Waals surface area contributed by atoms with E-state index in [0.717, 1.165) is 24.0 Å². The first-order valence-electron chi connectivity index (χ1n) is 8.02. The zero-order valence-corrected chi connectivity index (χ0v) is 12.9. The number of aromatic nitrogens is 1. The predicted octanol–water partition coefficient (Wildman–Crippen LogP) is 4.00. The maximum absolute atomic E-state index is 11.9. The van der Waals surface area contributed by atoms with E-state index >= 15 is 0 Å². The number of carbonyl (C=O) groups excluding carboxylic acids is 1. The average molecular weight is 292 g/mol. The minimum atomic E-state index is 0.191. The molecule has 0 radical (unpaired) electrons. The first-order valence-corrected chi connectivity index (χ1v) is 8.90. The molecule has 2 aliphatic carbocycles. The van der Waals surface area contributed by atoms with Crippen LogP contribution in [0.15, 0.2) is 5.38 Å². The second-order valence-electron chi connectivity index (χ2n) is 6.27. The summed E-state index contributed by atoms with van der Waals surface area (Å²) in [5.74, 6) is 1.70. The average Bonchev–Trinajstić information content (AvgIpc) is 3.23. The maximum Gasteiger partial charge on any atom is 0.220 e. The number of nitrogens with one attached hydrogen (secondary N) is 1. The molecule has 2 aliphatic rings. The van der Waals surface area contributed by atoms with Crippen molar-refractivity contribution < 1.29 is 4.79 Å². The molecule has 0 bridgehead atoms. The third-order valence-electron chi connectivity index (χ3n) is 4.47. The highest BCUT2D eigenvalue weighted by atomic mass is 32.1. The SMILES string of the molecule is O=C(CCC1CCCCC1)NCc1csc(C2CC2)n1. The van der Waals surface area contributed by atoms with Crippen molar-refractivity contribution in [2.75, 3.05) is 0 Å². The molecule has 1 heterocycles. The normalized spacial score (nSPS) is 20.0. The first kappa shape index (κ1) is 14.1. The van der Waals surface area contributed by atoms with Gasteiger partial charge in [-0.05, 0) is 25.2 Å². The standard InChI is InChI=1S/C16H24N2OS/c19-15(9-6-12-4-2-1-3-5-12)17-10-14-11-20-16(18-14)13-7-8-13/h11-13H,1-10H2,(H,17,19). The monoisotopic (exact) mass is 292 g/mol. The van der Waals surface area contributed by atoms with E-state index in [0.29, 0.717) is 13.0 Å². The summed E-state index contributed by atoms with van der Waals surface area (Å²) in [6, 6.07) is 0. The van der Waals surface area contributed by atoms with E-state index in [4.69, 9.17) is 0 Å². The molecule has 0 unspecified atom stereocenters. The number of carbonyl (C=O) groups is 1. The van der Waals surface area contributed by atoms with E-state index < -0.39 is 0 Å². The van der Waals surface area contributed by atoms with Crippen LogP contribution in [0.1, 0.15) is 74.4 Å². The van der Waals surface area contributed by atoms with E-state index in [2.05, 4.69) is 15.7 Å². The van der Waals surface area contributed by atoms with Crippen LogP contribution in [0, 0.1) is 5.92 Å². The van der Waals surface area contributed by atoms with Crippen molar-refractivity contribution in [3.05, 3.63) is 16.1 Å². The summed E-state index contributed by atoms with van der Waals surface area (Å²) in [6.07, 6.45) is 11.1. The van der Waals surface area contributed by atoms with Gasteiger partial charge in [-0.3, -0.25) is 4.79 Å². The number of rotatable bonds is 6. The number of hydrogen-bond acceptors (Lipinski definition) is 3. The van der Waals surface area contributed by atoms with Gasteiger partial charge < -0.3 is 5.32 Å². The van der Waals surface area contributed by atoms with Crippen LogP contribution in [0.3, 0.4) is 0 Å². The lowest BCUT2D eigenvalue weighted by Gasteiger charge is -2.20. The van der Waals surface area contributed by atoms with Crippen LogP contribution in [0.4, 0.5) is 0 Å². The predicted molar refractivity (Wildman–Crippen MR) is 81.7 cm³/mol. The van der Waals surface area contributed by atoms with Crippen molar-refractivity contribution in [2.24, 2.45) is 5.92 Å². The molecule has 110 valence electrons. The van der Waals surface area contributed by atoms with Gasteiger partial charge in [0.15, 0.2) is 0 Å². The Hall–Kier alpha value is -0.900. The lowest BCUT2D eigenvalue weighted by molar-refractivity contribution is -0.121. The van der Waals surface area contributed by atoms with E-state index in [1.807, 2.05) is 0 Å². The summed E-state index contributed by atoms with van der Waals surface area (Å²) in [4.78, 5) is 16.5. The second kappa shape index (κ2) is 6.70. The van der Waals surface area contributed by atoms with Gasteiger partial charge in [-0.2, -0.15) is 0 Å². The number of hydrogen-bond donors (Lipinski definition) is 1. The van der Waals surface area contributed by atoms with Gasteiger partial charge in [-0.25, -0.2) is 4.98 Å². The van der Waals surface area contributed by atoms with Crippen molar-refractivity contribution in [2.45, 2.75) is 70.3 Å². The van der Waals surface area contributed by atoms with E-state index in [9.17, 15) is 4.79 Å². The molecule has 1 amide bonds. The summed E-state index contributed by atoms with van der Waals surface area (Å²) >= 11 is 1.75. The molecular weight excluding hydrogens is 268 g/mol. The van der Waals surface area contributed by atoms with Crippen LogP contribution >= 0.6 is 11.3 Å². The van der Waals surface area contributed by atoms with Crippen molar-refractivity contribution in [3.8, 4) is 0 Å². The van der Waals surface area contributed by atoms with Crippen molar-refractivity contribution in [1.29, 1.82) is 0 Å². The molecule has 0 spiro atoms. The number of nitrogens with zero attached hydrogens (tertiary/aromatic N) is 1. The fourth-order valence-electron chi connectivity index (χ4n) is 3.01. The Labute approximate surface area is 125 Å². The summed E-state index contributed by atoms with van der Waals surface area (Å²) in [6.45, 7) is 0.604. The van der Waals surface area contributed by atoms with Crippen LogP contribution in [-0.4, -0.2) is 10.9 Å². The molecular formula is C16H24N2OS. The maximum atomic E-state index is 11.9. The molecule has 0 atom stereocenters. The van der Waals surface area contributed by atoms with E-state index in [1.54, 1.807) is 11.3 Å². The molecule has 1 aromatic rings. The minimum Gasteiger partial charge on any atom is -0.350 e. The molecule has 1 aromatic heterocycles. The van der Waals surface area contributed by atoms with Gasteiger partial charge in [0.25, 0.3) is 0 Å². The zero-order chi connectivity index (χ0) is 13.8. The molecule has 3 rings (SSSR count).